The van der Waals surface area contributed by atoms with Gasteiger partial charge in [-0.15, -0.1) is 0 Å². The molecule has 2 fully saturated rings. The lowest BCUT2D eigenvalue weighted by atomic mass is 10.1. The monoisotopic (exact) mass is 408 g/mol. The van der Waals surface area contributed by atoms with E-state index in [9.17, 15) is 4.79 Å². The number of likely N-dealkylation sites (tertiary alicyclic amines) is 1. The van der Waals surface area contributed by atoms with Crippen molar-refractivity contribution in [3.63, 3.8) is 0 Å². The molecule has 30 heavy (non-hydrogen) atoms. The predicted molar refractivity (Wildman–Crippen MR) is 118 cm³/mol. The second-order valence-electron chi connectivity index (χ2n) is 8.28. The van der Waals surface area contributed by atoms with Crippen molar-refractivity contribution in [2.75, 3.05) is 26.3 Å². The molecular formula is C25H32N2O3. The summed E-state index contributed by atoms with van der Waals surface area (Å²) in [5.74, 6) is 0.498. The molecule has 2 aromatic rings. The Kier molecular flexibility index (Phi) is 7.38. The number of rotatable bonds is 8. The molecule has 0 unspecified atom stereocenters. The summed E-state index contributed by atoms with van der Waals surface area (Å²) < 4.78 is 11.5. The van der Waals surface area contributed by atoms with Gasteiger partial charge in [-0.25, -0.2) is 0 Å². The van der Waals surface area contributed by atoms with Crippen LogP contribution in [0.15, 0.2) is 48.5 Å². The zero-order valence-corrected chi connectivity index (χ0v) is 17.6. The number of hydrogen-bond acceptors (Lipinski definition) is 4. The van der Waals surface area contributed by atoms with Gasteiger partial charge < -0.3 is 14.8 Å². The largest absolute Gasteiger partial charge is 0.490 e. The highest BCUT2D eigenvalue weighted by Crippen LogP contribution is 2.21. The minimum atomic E-state index is -0.115. The highest BCUT2D eigenvalue weighted by atomic mass is 16.5. The van der Waals surface area contributed by atoms with Gasteiger partial charge in [0.2, 0.25) is 0 Å². The average Bonchev–Trinajstić information content (AvgIpc) is 3.32. The quantitative estimate of drug-likeness (QED) is 0.713. The minimum absolute atomic E-state index is 0.115. The molecule has 4 rings (SSSR count). The van der Waals surface area contributed by atoms with Crippen LogP contribution >= 0.6 is 0 Å². The first kappa shape index (κ1) is 20.9. The summed E-state index contributed by atoms with van der Waals surface area (Å²) in [6, 6.07) is 16.0. The Bertz CT molecular complexity index is 809. The average molecular weight is 409 g/mol. The Hall–Kier alpha value is -2.37. The Morgan fingerprint density at radius 2 is 1.77 bits per heavy atom. The fourth-order valence-electron chi connectivity index (χ4n) is 4.15. The van der Waals surface area contributed by atoms with E-state index in [1.54, 1.807) is 0 Å². The smallest absolute Gasteiger partial charge is 0.255 e. The second-order valence-corrected chi connectivity index (χ2v) is 8.28. The molecule has 1 amide bonds. The Morgan fingerprint density at radius 1 is 1.00 bits per heavy atom. The summed E-state index contributed by atoms with van der Waals surface area (Å²) in [5.41, 5.74) is 3.00. The molecule has 0 radical (unpaired) electrons. The molecule has 0 aliphatic carbocycles. The van der Waals surface area contributed by atoms with Crippen LogP contribution in [0.3, 0.4) is 0 Å². The van der Waals surface area contributed by atoms with Gasteiger partial charge >= 0.3 is 0 Å². The molecule has 0 bridgehead atoms. The first-order valence-corrected chi connectivity index (χ1v) is 11.2. The molecule has 0 saturated carbocycles. The fraction of sp³-hybridized carbons (Fsp3) is 0.480. The zero-order chi connectivity index (χ0) is 20.6. The van der Waals surface area contributed by atoms with Crippen LogP contribution in [-0.4, -0.2) is 43.2 Å². The molecule has 5 nitrogen and oxygen atoms in total. The van der Waals surface area contributed by atoms with Crippen LogP contribution < -0.4 is 10.1 Å². The number of nitrogens with one attached hydrogen (secondary N) is 1. The van der Waals surface area contributed by atoms with E-state index in [4.69, 9.17) is 9.47 Å². The van der Waals surface area contributed by atoms with Gasteiger partial charge in [0.1, 0.15) is 12.4 Å². The highest BCUT2D eigenvalue weighted by molar-refractivity contribution is 5.96. The third kappa shape index (κ3) is 5.83. The van der Waals surface area contributed by atoms with Crippen LogP contribution in [0, 0.1) is 0 Å². The summed E-state index contributed by atoms with van der Waals surface area (Å²) in [7, 11) is 0. The van der Waals surface area contributed by atoms with Crippen molar-refractivity contribution in [3.05, 3.63) is 65.2 Å². The third-order valence-corrected chi connectivity index (χ3v) is 5.91. The molecule has 5 heteroatoms. The van der Waals surface area contributed by atoms with Crippen molar-refractivity contribution in [1.29, 1.82) is 0 Å². The molecule has 2 saturated heterocycles. The van der Waals surface area contributed by atoms with Gasteiger partial charge in [-0.1, -0.05) is 42.8 Å². The number of hydrogen-bond donors (Lipinski definition) is 1. The maximum Gasteiger partial charge on any atom is 0.255 e. The molecule has 160 valence electrons. The van der Waals surface area contributed by atoms with E-state index in [2.05, 4.69) is 34.5 Å². The first-order valence-electron chi connectivity index (χ1n) is 11.2. The lowest BCUT2D eigenvalue weighted by Crippen LogP contribution is -2.29. The topological polar surface area (TPSA) is 50.8 Å². The molecule has 2 aliphatic rings. The third-order valence-electron chi connectivity index (χ3n) is 5.91. The summed E-state index contributed by atoms with van der Waals surface area (Å²) in [6.07, 6.45) is 6.20. The molecule has 1 N–H and O–H groups in total. The van der Waals surface area contributed by atoms with Crippen LogP contribution in [-0.2, 0) is 17.8 Å². The number of carbonyl (C=O) groups excluding carboxylic acids is 1. The minimum Gasteiger partial charge on any atom is -0.490 e. The number of para-hydroxylation sites is 1. The van der Waals surface area contributed by atoms with Crippen LogP contribution in [0.25, 0.3) is 0 Å². The Labute approximate surface area is 179 Å². The van der Waals surface area contributed by atoms with Gasteiger partial charge in [-0.05, 0) is 62.0 Å². The van der Waals surface area contributed by atoms with Gasteiger partial charge in [0.15, 0.2) is 0 Å². The van der Waals surface area contributed by atoms with Crippen molar-refractivity contribution in [2.45, 2.75) is 51.3 Å². The predicted octanol–water partition coefficient (Wildman–Crippen LogP) is 4.16. The molecule has 0 spiro atoms. The van der Waals surface area contributed by atoms with E-state index in [1.807, 2.05) is 24.3 Å². The van der Waals surface area contributed by atoms with Crippen LogP contribution in [0.4, 0.5) is 0 Å². The van der Waals surface area contributed by atoms with E-state index in [0.29, 0.717) is 24.5 Å². The fourth-order valence-corrected chi connectivity index (χ4v) is 4.15. The number of nitrogens with zero attached hydrogens (tertiary/aromatic N) is 1. The van der Waals surface area contributed by atoms with E-state index in [0.717, 1.165) is 31.6 Å². The Balaban J connectivity index is 1.28. The lowest BCUT2D eigenvalue weighted by Gasteiger charge is -2.26. The molecule has 0 aromatic heterocycles. The summed E-state index contributed by atoms with van der Waals surface area (Å²) in [5, 5.41) is 3.02. The van der Waals surface area contributed by atoms with E-state index in [1.165, 1.54) is 37.9 Å². The van der Waals surface area contributed by atoms with Gasteiger partial charge in [-0.3, -0.25) is 9.69 Å². The lowest BCUT2D eigenvalue weighted by molar-refractivity contribution is 0.0670. The number of piperidine rings is 1. The number of benzene rings is 2. The van der Waals surface area contributed by atoms with Crippen LogP contribution in [0.5, 0.6) is 5.75 Å². The molecule has 2 heterocycles. The van der Waals surface area contributed by atoms with Crippen molar-refractivity contribution in [1.82, 2.24) is 10.2 Å². The zero-order valence-electron chi connectivity index (χ0n) is 17.6. The standard InChI is InChI=1S/C25H32N2O3/c28-25(23-8-2-3-9-24(23)30-19-22-7-6-16-29-22)26-17-20-10-12-21(13-11-20)18-27-14-4-1-5-15-27/h2-3,8-13,22H,1,4-7,14-19H2,(H,26,28)/t22-/m1/s1. The van der Waals surface area contributed by atoms with E-state index < -0.39 is 0 Å². The number of ether oxygens (including phenoxy) is 2. The maximum absolute atomic E-state index is 12.7. The van der Waals surface area contributed by atoms with Gasteiger partial charge in [0, 0.05) is 19.7 Å². The highest BCUT2D eigenvalue weighted by Gasteiger charge is 2.18. The maximum atomic E-state index is 12.7. The van der Waals surface area contributed by atoms with Crippen molar-refractivity contribution < 1.29 is 14.3 Å². The van der Waals surface area contributed by atoms with Gasteiger partial charge in [-0.2, -0.15) is 0 Å². The summed E-state index contributed by atoms with van der Waals surface area (Å²) in [6.45, 7) is 5.21. The molecule has 1 atom stereocenters. The molecule has 2 aliphatic heterocycles. The van der Waals surface area contributed by atoms with Crippen molar-refractivity contribution in [2.24, 2.45) is 0 Å². The number of carbonyl (C=O) groups is 1. The summed E-state index contributed by atoms with van der Waals surface area (Å²) in [4.78, 5) is 15.3. The van der Waals surface area contributed by atoms with E-state index in [-0.39, 0.29) is 12.0 Å². The van der Waals surface area contributed by atoms with E-state index >= 15 is 0 Å². The van der Waals surface area contributed by atoms with Crippen LogP contribution in [0.2, 0.25) is 0 Å². The van der Waals surface area contributed by atoms with Crippen molar-refractivity contribution >= 4 is 5.91 Å². The molecule has 2 aromatic carbocycles. The van der Waals surface area contributed by atoms with Gasteiger partial charge in [0.05, 0.1) is 11.7 Å². The Morgan fingerprint density at radius 3 is 2.53 bits per heavy atom. The second kappa shape index (κ2) is 10.6. The normalized spacial score (nSPS) is 19.5. The van der Waals surface area contributed by atoms with Crippen LogP contribution in [0.1, 0.15) is 53.6 Å². The first-order chi connectivity index (χ1) is 14.8. The summed E-state index contributed by atoms with van der Waals surface area (Å²) >= 11 is 0. The van der Waals surface area contributed by atoms with Crippen molar-refractivity contribution in [3.8, 4) is 5.75 Å². The molecular weight excluding hydrogens is 376 g/mol. The van der Waals surface area contributed by atoms with Gasteiger partial charge in [0.25, 0.3) is 5.91 Å². The number of amides is 1. The SMILES string of the molecule is O=C(NCc1ccc(CN2CCCCC2)cc1)c1ccccc1OC[C@H]1CCCO1.